The average molecular weight is 1570 g/mol. The van der Waals surface area contributed by atoms with E-state index in [2.05, 4.69) is 133 Å². The molecule has 0 fully saturated rings. The number of alkyl carbamates (subject to hydrolysis) is 2. The molecule has 12 aromatic rings. The van der Waals surface area contributed by atoms with Gasteiger partial charge in [0.25, 0.3) is 11.8 Å². The quantitative estimate of drug-likeness (QED) is 0.0262. The van der Waals surface area contributed by atoms with Crippen molar-refractivity contribution in [3.63, 3.8) is 0 Å². The highest BCUT2D eigenvalue weighted by atomic mass is 35.5. The standard InChI is InChI=1S/C32H37N5O3.C27H29N5O.C17H21N3O4.C15H18N2.ClH/c1-6-18-36(26-14-8-7-9-15-26)27-16-11-13-25(21-27)34-30(38)29-19-23(2)35-37(29)28-17-10-12-24(20-28)22-33-31(39)40-32(3,4)5;1-3-15-31(23-11-5-4-6-12-23)24-13-8-10-22(18-24)29-27(33)26-16-20(2)30-32(26)25-14-7-9-21(17-25)19-28;1-11-8-14(15(21)22)20(19-11)13-7-5-6-12(9-13)10-18-16(23)24-17(2,3)4;1-2-11-17(14-8-4-3-5-9-14)15-10-6-7-13(16)12-15;/h7-17,19-21H,6,18,22H2,1-5H3,(H,33,39)(H,34,38);4-14,16-18H,3,15,19,28H2,1-2H3,(H,29,33);5-9H,10H2,1-4H3,(H,18,23)(H,21,22);3-10,12H,2,11,16H2,1H3;1H. The molecule has 115 heavy (non-hydrogen) atoms. The predicted octanol–water partition coefficient (Wildman–Crippen LogP) is 19.6. The number of carboxylic acids is 1. The van der Waals surface area contributed by atoms with Gasteiger partial charge in [0.2, 0.25) is 0 Å². The van der Waals surface area contributed by atoms with E-state index in [1.165, 1.54) is 16.4 Å². The van der Waals surface area contributed by atoms with Crippen molar-refractivity contribution in [2.45, 2.75) is 133 Å². The average Bonchev–Trinajstić information content (AvgIpc) is 1.72. The maximum Gasteiger partial charge on any atom is 0.407 e. The number of carboxylic acid groups (broad SMARTS) is 1. The van der Waals surface area contributed by atoms with Gasteiger partial charge in [-0.25, -0.2) is 28.4 Å². The van der Waals surface area contributed by atoms with Crippen LogP contribution in [-0.4, -0.2) is 95.3 Å². The third-order valence-corrected chi connectivity index (χ3v) is 17.1. The minimum absolute atomic E-state index is 0. The number of nitrogens with two attached hydrogens (primary N) is 2. The Hall–Kier alpha value is -13.0. The van der Waals surface area contributed by atoms with Gasteiger partial charge in [-0.15, -0.1) is 12.4 Å². The fourth-order valence-electron chi connectivity index (χ4n) is 12.3. The molecule has 0 unspecified atom stereocenters. The number of rotatable bonds is 25. The molecule has 0 aliphatic heterocycles. The van der Waals surface area contributed by atoms with E-state index in [0.29, 0.717) is 40.7 Å². The predicted molar refractivity (Wildman–Crippen MR) is 464 cm³/mol. The summed E-state index contributed by atoms with van der Waals surface area (Å²) >= 11 is 0. The van der Waals surface area contributed by atoms with E-state index in [-0.39, 0.29) is 43.0 Å². The number of benzene rings is 9. The van der Waals surface area contributed by atoms with Gasteiger partial charge in [-0.1, -0.05) is 130 Å². The molecule has 0 saturated carbocycles. The Morgan fingerprint density at radius 3 is 1.05 bits per heavy atom. The number of hydrogen-bond acceptors (Lipinski definition) is 15. The smallest absolute Gasteiger partial charge is 0.407 e. The van der Waals surface area contributed by atoms with E-state index < -0.39 is 29.4 Å². The molecule has 23 nitrogen and oxygen atoms in total. The first-order valence-corrected chi connectivity index (χ1v) is 38.2. The number of nitrogens with zero attached hydrogens (tertiary/aromatic N) is 9. The minimum Gasteiger partial charge on any atom is -0.477 e. The Morgan fingerprint density at radius 2 is 0.713 bits per heavy atom. The van der Waals surface area contributed by atoms with E-state index >= 15 is 0 Å². The molecule has 4 amide bonds. The topological polar surface area (TPSA) is 287 Å². The second-order valence-electron chi connectivity index (χ2n) is 29.0. The van der Waals surface area contributed by atoms with Gasteiger partial charge in [0.1, 0.15) is 22.6 Å². The number of amides is 4. The Bertz CT molecular complexity index is 5150. The summed E-state index contributed by atoms with van der Waals surface area (Å²) in [6.07, 6.45) is 2.10. The van der Waals surface area contributed by atoms with Crippen molar-refractivity contribution in [2.24, 2.45) is 5.73 Å². The van der Waals surface area contributed by atoms with Crippen LogP contribution in [0.4, 0.5) is 60.8 Å². The number of ether oxygens (including phenoxy) is 2. The summed E-state index contributed by atoms with van der Waals surface area (Å²) in [6, 6.07) is 82.2. The first-order valence-electron chi connectivity index (χ1n) is 38.2. The number of para-hydroxylation sites is 3. The fraction of sp³-hybridized carbons (Fsp3) is 0.253. The van der Waals surface area contributed by atoms with Gasteiger partial charge in [-0.05, 0) is 244 Å². The highest BCUT2D eigenvalue weighted by molar-refractivity contribution is 6.04. The SMILES string of the molecule is CCCN(c1ccccc1)c1cccc(N)c1.CCCN(c1ccccc1)c1cccc(NC(=O)c2cc(C)nn2-c2cccc(CN)c2)c1.CCCN(c1ccccc1)c1cccc(NC(=O)c2cc(C)nn2-c2cccc(CNC(=O)OC(C)(C)C)c2)c1.Cc1cc(C(=O)O)n(-c2cccc(CNC(=O)OC(C)(C)C)c2)n1.Cl. The Kier molecular flexibility index (Phi) is 32.0. The summed E-state index contributed by atoms with van der Waals surface area (Å²) in [7, 11) is 0. The lowest BCUT2D eigenvalue weighted by molar-refractivity contribution is 0.0512. The van der Waals surface area contributed by atoms with Crippen LogP contribution in [0, 0.1) is 20.8 Å². The lowest BCUT2D eigenvalue weighted by Crippen LogP contribution is -2.32. The van der Waals surface area contributed by atoms with Gasteiger partial charge >= 0.3 is 18.2 Å². The lowest BCUT2D eigenvalue weighted by atomic mass is 10.2. The molecule has 0 atom stereocenters. The first kappa shape index (κ1) is 87.6. The number of aromatic carboxylic acids is 1. The second-order valence-corrected chi connectivity index (χ2v) is 29.0. The fourth-order valence-corrected chi connectivity index (χ4v) is 12.3. The molecule has 0 saturated heterocycles. The Balaban J connectivity index is 0.000000199. The number of carbonyl (C=O) groups is 5. The second kappa shape index (κ2) is 42.0. The Labute approximate surface area is 680 Å². The van der Waals surface area contributed by atoms with Gasteiger partial charge in [0.15, 0.2) is 5.69 Å². The summed E-state index contributed by atoms with van der Waals surface area (Å²) in [5.41, 5.74) is 27.2. The summed E-state index contributed by atoms with van der Waals surface area (Å²) in [6.45, 7) is 26.5. The summed E-state index contributed by atoms with van der Waals surface area (Å²) in [5, 5.41) is 34.1. The van der Waals surface area contributed by atoms with E-state index in [0.717, 1.165) is 112 Å². The van der Waals surface area contributed by atoms with Crippen LogP contribution in [0.1, 0.15) is 147 Å². The number of hydrogen-bond donors (Lipinski definition) is 7. The van der Waals surface area contributed by atoms with E-state index in [1.54, 1.807) is 67.4 Å². The third-order valence-electron chi connectivity index (χ3n) is 17.1. The van der Waals surface area contributed by atoms with Gasteiger partial charge in [-0.3, -0.25) is 9.59 Å². The summed E-state index contributed by atoms with van der Waals surface area (Å²) < 4.78 is 15.2. The van der Waals surface area contributed by atoms with Crippen molar-refractivity contribution in [3.05, 3.63) is 306 Å². The van der Waals surface area contributed by atoms with Crippen LogP contribution < -0.4 is 47.4 Å². The monoisotopic (exact) mass is 1570 g/mol. The molecule has 0 radical (unpaired) electrons. The zero-order valence-corrected chi connectivity index (χ0v) is 68.3. The number of nitrogen functional groups attached to an aromatic ring is 1. The van der Waals surface area contributed by atoms with Crippen molar-refractivity contribution in [2.75, 3.05) is 50.7 Å². The van der Waals surface area contributed by atoms with E-state index in [1.807, 2.05) is 192 Å². The molecule has 0 spiro atoms. The normalized spacial score (nSPS) is 10.8. The zero-order valence-electron chi connectivity index (χ0n) is 67.5. The maximum absolute atomic E-state index is 13.5. The molecule has 3 heterocycles. The van der Waals surface area contributed by atoms with Gasteiger partial charge in [-0.2, -0.15) is 15.3 Å². The first-order chi connectivity index (χ1) is 54.7. The summed E-state index contributed by atoms with van der Waals surface area (Å²) in [5.74, 6) is -1.53. The van der Waals surface area contributed by atoms with Gasteiger partial charge in [0, 0.05) is 90.5 Å². The summed E-state index contributed by atoms with van der Waals surface area (Å²) in [4.78, 5) is 68.6. The molecule has 24 heteroatoms. The molecular formula is C91H106ClN15O8. The van der Waals surface area contributed by atoms with Gasteiger partial charge in [0.05, 0.1) is 34.1 Å². The van der Waals surface area contributed by atoms with Crippen LogP contribution in [0.25, 0.3) is 17.1 Å². The van der Waals surface area contributed by atoms with Crippen LogP contribution in [0.5, 0.6) is 0 Å². The number of aromatic nitrogens is 6. The molecular weight excluding hydrogens is 1470 g/mol. The molecule has 9 aromatic carbocycles. The molecule has 0 aliphatic carbocycles. The zero-order chi connectivity index (χ0) is 81.9. The number of aryl methyl sites for hydroxylation is 3. The Morgan fingerprint density at radius 1 is 0.400 bits per heavy atom. The van der Waals surface area contributed by atoms with Crippen LogP contribution in [-0.2, 0) is 29.1 Å². The van der Waals surface area contributed by atoms with Crippen LogP contribution >= 0.6 is 12.4 Å². The van der Waals surface area contributed by atoms with Crippen molar-refractivity contribution < 1.29 is 38.6 Å². The third kappa shape index (κ3) is 26.3. The highest BCUT2D eigenvalue weighted by Crippen LogP contribution is 2.32. The number of halogens is 1. The largest absolute Gasteiger partial charge is 0.477 e. The highest BCUT2D eigenvalue weighted by Gasteiger charge is 2.23. The molecule has 9 N–H and O–H groups in total. The van der Waals surface area contributed by atoms with Gasteiger partial charge < -0.3 is 62.0 Å². The van der Waals surface area contributed by atoms with Crippen molar-refractivity contribution in [1.29, 1.82) is 0 Å². The van der Waals surface area contributed by atoms with E-state index in [9.17, 15) is 29.1 Å². The lowest BCUT2D eigenvalue weighted by Gasteiger charge is -2.25. The van der Waals surface area contributed by atoms with Crippen molar-refractivity contribution in [3.8, 4) is 17.1 Å². The minimum atomic E-state index is -1.05. The molecule has 600 valence electrons. The number of nitrogens with one attached hydrogen (secondary N) is 4. The van der Waals surface area contributed by atoms with E-state index in [4.69, 9.17) is 20.9 Å². The van der Waals surface area contributed by atoms with Crippen LogP contribution in [0.2, 0.25) is 0 Å². The maximum atomic E-state index is 13.5. The molecule has 0 aliphatic rings. The van der Waals surface area contributed by atoms with Crippen LogP contribution in [0.3, 0.4) is 0 Å². The molecule has 0 bridgehead atoms. The molecule has 12 rings (SSSR count). The van der Waals surface area contributed by atoms with Crippen LogP contribution in [0.15, 0.2) is 255 Å². The number of carbonyl (C=O) groups excluding carboxylic acids is 4. The van der Waals surface area contributed by atoms with Crippen molar-refractivity contribution >= 4 is 93.6 Å². The molecule has 3 aromatic heterocycles. The van der Waals surface area contributed by atoms with Crippen molar-refractivity contribution in [1.82, 2.24) is 40.0 Å². The number of anilines is 9.